The lowest BCUT2D eigenvalue weighted by Crippen LogP contribution is -2.27. The smallest absolute Gasteiger partial charge is 0.256 e. The summed E-state index contributed by atoms with van der Waals surface area (Å²) in [4.78, 5) is 24.5. The van der Waals surface area contributed by atoms with Crippen LogP contribution in [0.1, 0.15) is 46.7 Å². The highest BCUT2D eigenvalue weighted by molar-refractivity contribution is 7.11. The van der Waals surface area contributed by atoms with E-state index < -0.39 is 0 Å². The number of carbonyl (C=O) groups is 2. The fourth-order valence-corrected chi connectivity index (χ4v) is 3.44. The van der Waals surface area contributed by atoms with Gasteiger partial charge in [-0.25, -0.2) is 0 Å². The highest BCUT2D eigenvalue weighted by Crippen LogP contribution is 2.39. The Morgan fingerprint density at radius 2 is 1.95 bits per heavy atom. The largest absolute Gasteiger partial charge is 0.312 e. The van der Waals surface area contributed by atoms with Crippen molar-refractivity contribution in [1.82, 2.24) is 4.37 Å². The number of benzene rings is 1. The number of hydrogen-bond donors (Lipinski definition) is 1. The van der Waals surface area contributed by atoms with Gasteiger partial charge in [0.1, 0.15) is 5.00 Å². The highest BCUT2D eigenvalue weighted by atomic mass is 32.1. The first-order valence-electron chi connectivity index (χ1n) is 6.84. The van der Waals surface area contributed by atoms with E-state index in [-0.39, 0.29) is 17.1 Å². The molecule has 1 N–H and O–H groups in total. The Labute approximate surface area is 127 Å². The zero-order valence-electron chi connectivity index (χ0n) is 12.0. The summed E-state index contributed by atoms with van der Waals surface area (Å²) in [6, 6.07) is 8.97. The first-order valence-corrected chi connectivity index (χ1v) is 7.62. The van der Waals surface area contributed by atoms with Crippen molar-refractivity contribution in [3.63, 3.8) is 0 Å². The van der Waals surface area contributed by atoms with Crippen LogP contribution in [0.15, 0.2) is 30.3 Å². The van der Waals surface area contributed by atoms with E-state index >= 15 is 0 Å². The maximum absolute atomic E-state index is 12.3. The molecule has 0 saturated heterocycles. The topological polar surface area (TPSA) is 59.1 Å². The number of nitrogens with zero attached hydrogens (tertiary/aromatic N) is 1. The van der Waals surface area contributed by atoms with Gasteiger partial charge in [0.2, 0.25) is 0 Å². The van der Waals surface area contributed by atoms with E-state index in [1.165, 1.54) is 11.5 Å². The lowest BCUT2D eigenvalue weighted by atomic mass is 9.76. The summed E-state index contributed by atoms with van der Waals surface area (Å²) in [6.45, 7) is 4.13. The molecule has 0 unspecified atom stereocenters. The molecule has 4 nitrogen and oxygen atoms in total. The molecule has 1 aliphatic rings. The van der Waals surface area contributed by atoms with Crippen molar-refractivity contribution in [3.05, 3.63) is 47.2 Å². The van der Waals surface area contributed by atoms with Crippen LogP contribution >= 0.6 is 11.5 Å². The monoisotopic (exact) mass is 300 g/mol. The molecule has 1 amide bonds. The van der Waals surface area contributed by atoms with Crippen LogP contribution in [0.3, 0.4) is 0 Å². The van der Waals surface area contributed by atoms with Crippen LogP contribution in [0.2, 0.25) is 0 Å². The van der Waals surface area contributed by atoms with E-state index in [9.17, 15) is 9.59 Å². The summed E-state index contributed by atoms with van der Waals surface area (Å²) in [7, 11) is 0. The van der Waals surface area contributed by atoms with Crippen LogP contribution in [-0.4, -0.2) is 16.1 Å². The number of aromatic nitrogens is 1. The zero-order valence-corrected chi connectivity index (χ0v) is 12.8. The lowest BCUT2D eigenvalue weighted by Gasteiger charge is -2.27. The number of ketones is 1. The summed E-state index contributed by atoms with van der Waals surface area (Å²) < 4.78 is 4.36. The maximum Gasteiger partial charge on any atom is 0.256 e. The quantitative estimate of drug-likeness (QED) is 0.922. The Kier molecular flexibility index (Phi) is 3.37. The van der Waals surface area contributed by atoms with Crippen molar-refractivity contribution < 1.29 is 9.59 Å². The summed E-state index contributed by atoms with van der Waals surface area (Å²) in [6.07, 6.45) is 1.26. The van der Waals surface area contributed by atoms with E-state index in [4.69, 9.17) is 0 Å². The minimum atomic E-state index is -0.209. The molecule has 0 spiro atoms. The van der Waals surface area contributed by atoms with Crippen molar-refractivity contribution in [1.29, 1.82) is 0 Å². The second kappa shape index (κ2) is 5.07. The molecule has 1 aromatic heterocycles. The van der Waals surface area contributed by atoms with Crippen molar-refractivity contribution >= 4 is 28.2 Å². The van der Waals surface area contributed by atoms with Crippen LogP contribution in [0.4, 0.5) is 5.00 Å². The van der Waals surface area contributed by atoms with Crippen LogP contribution < -0.4 is 5.32 Å². The fourth-order valence-electron chi connectivity index (χ4n) is 2.62. The molecular formula is C16H16N2O2S. The van der Waals surface area contributed by atoms with E-state index in [0.717, 1.165) is 12.1 Å². The molecule has 108 valence electrons. The number of hydrogen-bond acceptors (Lipinski definition) is 4. The summed E-state index contributed by atoms with van der Waals surface area (Å²) >= 11 is 1.19. The first kappa shape index (κ1) is 13.9. The Balaban J connectivity index is 1.88. The predicted octanol–water partition coefficient (Wildman–Crippen LogP) is 3.55. The number of amides is 1. The van der Waals surface area contributed by atoms with Crippen molar-refractivity contribution in [2.45, 2.75) is 26.7 Å². The average Bonchev–Trinajstić information content (AvgIpc) is 2.81. The second-order valence-electron chi connectivity index (χ2n) is 6.09. The van der Waals surface area contributed by atoms with Gasteiger partial charge in [0.25, 0.3) is 5.91 Å². The fraction of sp³-hybridized carbons (Fsp3) is 0.312. The minimum absolute atomic E-state index is 0.0567. The SMILES string of the molecule is CC1(C)CC(=O)c2c(nsc2NC(=O)c2ccccc2)C1. The third-order valence-corrected chi connectivity index (χ3v) is 4.39. The molecule has 1 heterocycles. The molecule has 21 heavy (non-hydrogen) atoms. The van der Waals surface area contributed by atoms with Crippen LogP contribution in [-0.2, 0) is 6.42 Å². The van der Waals surface area contributed by atoms with Gasteiger partial charge in [0.05, 0.1) is 11.3 Å². The van der Waals surface area contributed by atoms with Crippen LogP contribution in [0.25, 0.3) is 0 Å². The van der Waals surface area contributed by atoms with Gasteiger partial charge in [-0.05, 0) is 35.5 Å². The number of anilines is 1. The molecule has 0 fully saturated rings. The van der Waals surface area contributed by atoms with Crippen molar-refractivity contribution in [2.75, 3.05) is 5.32 Å². The molecular weight excluding hydrogens is 284 g/mol. The van der Waals surface area contributed by atoms with Crippen LogP contribution in [0.5, 0.6) is 0 Å². The first-order chi connectivity index (χ1) is 9.96. The molecule has 3 rings (SSSR count). The molecule has 0 saturated carbocycles. The molecule has 1 aromatic carbocycles. The minimum Gasteiger partial charge on any atom is -0.312 e. The Morgan fingerprint density at radius 1 is 1.24 bits per heavy atom. The maximum atomic E-state index is 12.3. The second-order valence-corrected chi connectivity index (χ2v) is 6.87. The molecule has 5 heteroatoms. The predicted molar refractivity (Wildman–Crippen MR) is 82.9 cm³/mol. The molecule has 0 atom stereocenters. The van der Waals surface area contributed by atoms with E-state index in [2.05, 4.69) is 23.5 Å². The van der Waals surface area contributed by atoms with Gasteiger partial charge >= 0.3 is 0 Å². The van der Waals surface area contributed by atoms with Gasteiger partial charge in [0.15, 0.2) is 5.78 Å². The normalized spacial score (nSPS) is 16.4. The standard InChI is InChI=1S/C16H16N2O2S/c1-16(2)8-11-13(12(19)9-16)15(21-18-11)17-14(20)10-6-4-3-5-7-10/h3-7H,8-9H2,1-2H3,(H,17,20). The van der Waals surface area contributed by atoms with E-state index in [0.29, 0.717) is 22.5 Å². The zero-order chi connectivity index (χ0) is 15.0. The van der Waals surface area contributed by atoms with E-state index in [1.807, 2.05) is 18.2 Å². The summed E-state index contributed by atoms with van der Waals surface area (Å²) in [5, 5.41) is 3.39. The summed E-state index contributed by atoms with van der Waals surface area (Å²) in [5.41, 5.74) is 1.93. The molecule has 0 aliphatic heterocycles. The van der Waals surface area contributed by atoms with Crippen molar-refractivity contribution in [2.24, 2.45) is 5.41 Å². The third kappa shape index (κ3) is 2.74. The van der Waals surface area contributed by atoms with Gasteiger partial charge in [-0.3, -0.25) is 9.59 Å². The number of carbonyl (C=O) groups excluding carboxylic acids is 2. The Morgan fingerprint density at radius 3 is 2.67 bits per heavy atom. The van der Waals surface area contributed by atoms with Gasteiger partial charge in [-0.1, -0.05) is 32.0 Å². The molecule has 2 aromatic rings. The van der Waals surface area contributed by atoms with Crippen LogP contribution in [0, 0.1) is 5.41 Å². The Hall–Kier alpha value is -2.01. The van der Waals surface area contributed by atoms with Gasteiger partial charge in [-0.15, -0.1) is 0 Å². The van der Waals surface area contributed by atoms with Crippen molar-refractivity contribution in [3.8, 4) is 0 Å². The number of Topliss-reactive ketones (excluding diaryl/α,β-unsaturated/α-hetero) is 1. The Bertz CT molecular complexity index is 704. The van der Waals surface area contributed by atoms with Gasteiger partial charge < -0.3 is 5.32 Å². The number of nitrogens with one attached hydrogen (secondary N) is 1. The lowest BCUT2D eigenvalue weighted by molar-refractivity contribution is 0.0913. The third-order valence-electron chi connectivity index (χ3n) is 3.59. The van der Waals surface area contributed by atoms with E-state index in [1.54, 1.807) is 12.1 Å². The average molecular weight is 300 g/mol. The highest BCUT2D eigenvalue weighted by Gasteiger charge is 2.35. The molecule has 1 aliphatic carbocycles. The molecule has 0 bridgehead atoms. The van der Waals surface area contributed by atoms with Gasteiger partial charge in [-0.2, -0.15) is 4.37 Å². The molecule has 0 radical (unpaired) electrons. The number of fused-ring (bicyclic) bond motifs is 1. The van der Waals surface area contributed by atoms with Gasteiger partial charge in [0, 0.05) is 12.0 Å². The summed E-state index contributed by atoms with van der Waals surface area (Å²) in [5.74, 6) is -0.141. The number of rotatable bonds is 2.